The number of amides is 1. The monoisotopic (exact) mass is 407 g/mol. The molecule has 1 aromatic carbocycles. The van der Waals surface area contributed by atoms with E-state index in [-0.39, 0.29) is 11.7 Å². The predicted molar refractivity (Wildman–Crippen MR) is 109 cm³/mol. The van der Waals surface area contributed by atoms with Gasteiger partial charge in [-0.05, 0) is 39.8 Å². The highest BCUT2D eigenvalue weighted by Crippen LogP contribution is 2.21. The van der Waals surface area contributed by atoms with Gasteiger partial charge in [-0.1, -0.05) is 17.7 Å². The van der Waals surface area contributed by atoms with Gasteiger partial charge in [0, 0.05) is 13.1 Å². The maximum absolute atomic E-state index is 13.2. The number of fused-ring (bicyclic) bond motifs is 1. The Balaban J connectivity index is 1.91. The van der Waals surface area contributed by atoms with E-state index in [0.29, 0.717) is 47.9 Å². The number of hydrogen-bond donors (Lipinski definition) is 1. The van der Waals surface area contributed by atoms with Gasteiger partial charge in [0.2, 0.25) is 0 Å². The average molecular weight is 408 g/mol. The Labute approximate surface area is 168 Å². The second kappa shape index (κ2) is 7.60. The number of benzene rings is 1. The number of rotatable bonds is 2. The molecule has 1 unspecified atom stereocenters. The molecule has 1 atom stereocenters. The molecular weight excluding hydrogens is 382 g/mol. The Morgan fingerprint density at radius 3 is 2.46 bits per heavy atom. The van der Waals surface area contributed by atoms with Crippen LogP contribution in [0, 0.1) is 0 Å². The van der Waals surface area contributed by atoms with E-state index in [1.807, 2.05) is 25.8 Å². The Kier molecular flexibility index (Phi) is 5.54. The largest absolute Gasteiger partial charge is 0.444 e. The highest BCUT2D eigenvalue weighted by Gasteiger charge is 2.28. The van der Waals surface area contributed by atoms with Crippen molar-refractivity contribution < 1.29 is 9.53 Å². The van der Waals surface area contributed by atoms with Gasteiger partial charge in [0.05, 0.1) is 35.1 Å². The zero-order chi connectivity index (χ0) is 20.6. The summed E-state index contributed by atoms with van der Waals surface area (Å²) >= 11 is 6.26. The summed E-state index contributed by atoms with van der Waals surface area (Å²) < 4.78 is 6.93. The van der Waals surface area contributed by atoms with Crippen LogP contribution in [0.1, 0.15) is 39.6 Å². The molecule has 1 aromatic heterocycles. The molecule has 0 radical (unpaired) electrons. The summed E-state index contributed by atoms with van der Waals surface area (Å²) in [5.41, 5.74) is 5.81. The van der Waals surface area contributed by atoms with Crippen LogP contribution in [-0.4, -0.2) is 52.4 Å². The van der Waals surface area contributed by atoms with Gasteiger partial charge < -0.3 is 20.4 Å². The van der Waals surface area contributed by atoms with Crippen LogP contribution in [-0.2, 0) is 4.74 Å². The van der Waals surface area contributed by atoms with Gasteiger partial charge in [0.1, 0.15) is 11.4 Å². The Morgan fingerprint density at radius 1 is 1.25 bits per heavy atom. The number of nitrogens with zero attached hydrogens (tertiary/aromatic N) is 4. The van der Waals surface area contributed by atoms with Crippen LogP contribution in [0.15, 0.2) is 23.0 Å². The van der Waals surface area contributed by atoms with Crippen molar-refractivity contribution >= 4 is 28.6 Å². The van der Waals surface area contributed by atoms with Crippen LogP contribution in [0.5, 0.6) is 0 Å². The molecular formula is C19H26ClN5O3. The van der Waals surface area contributed by atoms with E-state index >= 15 is 0 Å². The third-order valence-electron chi connectivity index (χ3n) is 4.45. The minimum Gasteiger partial charge on any atom is -0.444 e. The lowest BCUT2D eigenvalue weighted by Gasteiger charge is -2.38. The molecule has 1 aliphatic rings. The summed E-state index contributed by atoms with van der Waals surface area (Å²) in [6.07, 6.45) is -0.355. The molecule has 0 bridgehead atoms. The molecule has 0 spiro atoms. The summed E-state index contributed by atoms with van der Waals surface area (Å²) in [5, 5.41) is 2.58. The summed E-state index contributed by atoms with van der Waals surface area (Å²) in [6.45, 7) is 9.06. The van der Waals surface area contributed by atoms with Gasteiger partial charge in [-0.3, -0.25) is 4.79 Å². The first-order valence-electron chi connectivity index (χ1n) is 9.28. The van der Waals surface area contributed by atoms with Crippen molar-refractivity contribution in [1.82, 2.24) is 14.6 Å². The normalized spacial score (nSPS) is 16.4. The van der Waals surface area contributed by atoms with Crippen molar-refractivity contribution in [2.24, 2.45) is 5.73 Å². The topological polar surface area (TPSA) is 93.7 Å². The summed E-state index contributed by atoms with van der Waals surface area (Å²) in [6, 6.07) is 4.73. The lowest BCUT2D eigenvalue weighted by atomic mass is 10.2. The minimum atomic E-state index is -0.549. The minimum absolute atomic E-state index is 0.256. The Bertz CT molecular complexity index is 943. The van der Waals surface area contributed by atoms with Crippen molar-refractivity contribution in [3.05, 3.63) is 39.4 Å². The number of ether oxygens (including phenoxy) is 1. The third-order valence-corrected chi connectivity index (χ3v) is 4.76. The van der Waals surface area contributed by atoms with Crippen LogP contribution in [0.4, 0.5) is 4.79 Å². The predicted octanol–water partition coefficient (Wildman–Crippen LogP) is 2.26. The van der Waals surface area contributed by atoms with Gasteiger partial charge >= 0.3 is 6.09 Å². The molecule has 2 heterocycles. The van der Waals surface area contributed by atoms with E-state index in [0.717, 1.165) is 0 Å². The average Bonchev–Trinajstić information content (AvgIpc) is 2.60. The molecule has 2 N–H and O–H groups in total. The van der Waals surface area contributed by atoms with Gasteiger partial charge in [0.15, 0.2) is 0 Å². The number of halogens is 1. The fourth-order valence-electron chi connectivity index (χ4n) is 3.17. The molecule has 9 heteroatoms. The van der Waals surface area contributed by atoms with Gasteiger partial charge in [-0.15, -0.1) is 0 Å². The van der Waals surface area contributed by atoms with Crippen molar-refractivity contribution in [3.63, 3.8) is 0 Å². The van der Waals surface area contributed by atoms with Crippen molar-refractivity contribution in [3.8, 4) is 0 Å². The van der Waals surface area contributed by atoms with Crippen LogP contribution >= 0.6 is 11.6 Å². The zero-order valence-corrected chi connectivity index (χ0v) is 17.4. The Hall–Kier alpha value is -2.32. The number of carbonyl (C=O) groups is 1. The molecule has 1 aliphatic heterocycles. The molecule has 1 saturated heterocycles. The first-order chi connectivity index (χ1) is 13.1. The third kappa shape index (κ3) is 4.07. The van der Waals surface area contributed by atoms with E-state index < -0.39 is 11.6 Å². The first kappa shape index (κ1) is 20.4. The molecule has 1 amide bonds. The maximum Gasteiger partial charge on any atom is 0.410 e. The second-order valence-electron chi connectivity index (χ2n) is 7.93. The van der Waals surface area contributed by atoms with Gasteiger partial charge in [-0.2, -0.15) is 0 Å². The SMILES string of the molecule is CC(N)c1nc2cccc(Cl)c2c(=O)n1N1CCN(C(=O)OC(C)(C)C)CC1. The fraction of sp³-hybridized carbons (Fsp3) is 0.526. The summed E-state index contributed by atoms with van der Waals surface area (Å²) in [4.78, 5) is 31.7. The number of carbonyl (C=O) groups excluding carboxylic acids is 1. The lowest BCUT2D eigenvalue weighted by molar-refractivity contribution is 0.0231. The second-order valence-corrected chi connectivity index (χ2v) is 8.34. The van der Waals surface area contributed by atoms with Crippen LogP contribution in [0.25, 0.3) is 10.9 Å². The molecule has 3 rings (SSSR count). The lowest BCUT2D eigenvalue weighted by Crippen LogP contribution is -2.57. The standard InChI is InChI=1S/C19H26ClN5O3/c1-12(21)16-22-14-7-5-6-13(20)15(14)17(26)25(16)24-10-8-23(9-11-24)18(27)28-19(2,3)4/h5-7,12H,8-11,21H2,1-4H3. The molecule has 1 fully saturated rings. The van der Waals surface area contributed by atoms with Crippen molar-refractivity contribution in [1.29, 1.82) is 0 Å². The van der Waals surface area contributed by atoms with Crippen LogP contribution < -0.4 is 16.3 Å². The fourth-order valence-corrected chi connectivity index (χ4v) is 3.42. The number of hydrogen-bond acceptors (Lipinski definition) is 6. The van der Waals surface area contributed by atoms with Crippen LogP contribution in [0.3, 0.4) is 0 Å². The number of aromatic nitrogens is 2. The molecule has 28 heavy (non-hydrogen) atoms. The molecule has 2 aromatic rings. The smallest absolute Gasteiger partial charge is 0.410 e. The first-order valence-corrected chi connectivity index (χ1v) is 9.66. The summed E-state index contributed by atoms with van der Waals surface area (Å²) in [5.74, 6) is 0.463. The Morgan fingerprint density at radius 2 is 1.89 bits per heavy atom. The highest BCUT2D eigenvalue weighted by atomic mass is 35.5. The maximum atomic E-state index is 13.2. The molecule has 8 nitrogen and oxygen atoms in total. The van der Waals surface area contributed by atoms with E-state index in [1.165, 1.54) is 4.68 Å². The van der Waals surface area contributed by atoms with E-state index in [2.05, 4.69) is 4.98 Å². The molecule has 0 aliphatic carbocycles. The van der Waals surface area contributed by atoms with E-state index in [4.69, 9.17) is 22.1 Å². The van der Waals surface area contributed by atoms with Crippen molar-refractivity contribution in [2.75, 3.05) is 31.2 Å². The van der Waals surface area contributed by atoms with Gasteiger partial charge in [0.25, 0.3) is 5.56 Å². The highest BCUT2D eigenvalue weighted by molar-refractivity contribution is 6.35. The van der Waals surface area contributed by atoms with Crippen molar-refractivity contribution in [2.45, 2.75) is 39.3 Å². The van der Waals surface area contributed by atoms with E-state index in [1.54, 1.807) is 30.0 Å². The zero-order valence-electron chi connectivity index (χ0n) is 16.6. The molecule has 0 saturated carbocycles. The summed E-state index contributed by atoms with van der Waals surface area (Å²) in [7, 11) is 0. The molecule has 152 valence electrons. The van der Waals surface area contributed by atoms with Gasteiger partial charge in [-0.25, -0.2) is 14.5 Å². The van der Waals surface area contributed by atoms with E-state index in [9.17, 15) is 9.59 Å². The van der Waals surface area contributed by atoms with Crippen LogP contribution in [0.2, 0.25) is 5.02 Å². The quantitative estimate of drug-likeness (QED) is 0.820. The number of nitrogens with two attached hydrogens (primary N) is 1. The number of piperazine rings is 1.